The van der Waals surface area contributed by atoms with E-state index >= 15 is 0 Å². The third-order valence-electron chi connectivity index (χ3n) is 2.77. The van der Waals surface area contributed by atoms with Gasteiger partial charge >= 0.3 is 0 Å². The maximum atomic E-state index is 11.7. The number of hydrogen-bond donors (Lipinski definition) is 2. The van der Waals surface area contributed by atoms with E-state index in [1.54, 1.807) is 6.92 Å². The summed E-state index contributed by atoms with van der Waals surface area (Å²) < 4.78 is 5.00. The molecule has 0 spiro atoms. The standard InChI is InChI=1S/C13H24N4O2/c1-9(2)5-7-15-13(18)10(3)14-8-6-12-16-11(4)17-19-12/h9-10,14H,5-8H2,1-4H3,(H,15,18). The zero-order chi connectivity index (χ0) is 14.3. The molecule has 0 aliphatic rings. The Morgan fingerprint density at radius 2 is 2.05 bits per heavy atom. The number of aryl methyl sites for hydroxylation is 1. The maximum Gasteiger partial charge on any atom is 0.236 e. The molecule has 1 unspecified atom stereocenters. The summed E-state index contributed by atoms with van der Waals surface area (Å²) in [4.78, 5) is 15.8. The molecule has 108 valence electrons. The van der Waals surface area contributed by atoms with Gasteiger partial charge in [-0.1, -0.05) is 19.0 Å². The fraction of sp³-hybridized carbons (Fsp3) is 0.769. The summed E-state index contributed by atoms with van der Waals surface area (Å²) in [6, 6.07) is -0.212. The van der Waals surface area contributed by atoms with E-state index in [-0.39, 0.29) is 11.9 Å². The highest BCUT2D eigenvalue weighted by Gasteiger charge is 2.12. The average Bonchev–Trinajstić information content (AvgIpc) is 2.74. The molecule has 1 amide bonds. The molecule has 1 aromatic rings. The van der Waals surface area contributed by atoms with Gasteiger partial charge in [-0.25, -0.2) is 0 Å². The Bertz CT molecular complexity index is 390. The number of hydrogen-bond acceptors (Lipinski definition) is 5. The number of aromatic nitrogens is 2. The Morgan fingerprint density at radius 1 is 1.32 bits per heavy atom. The van der Waals surface area contributed by atoms with Gasteiger partial charge in [-0.3, -0.25) is 4.79 Å². The number of amides is 1. The van der Waals surface area contributed by atoms with Crippen LogP contribution in [0, 0.1) is 12.8 Å². The molecule has 0 aromatic carbocycles. The van der Waals surface area contributed by atoms with Gasteiger partial charge < -0.3 is 15.2 Å². The third-order valence-corrected chi connectivity index (χ3v) is 2.77. The van der Waals surface area contributed by atoms with Gasteiger partial charge in [0, 0.05) is 19.5 Å². The van der Waals surface area contributed by atoms with E-state index in [1.165, 1.54) is 0 Å². The first-order valence-corrected chi connectivity index (χ1v) is 6.79. The van der Waals surface area contributed by atoms with Crippen molar-refractivity contribution in [3.8, 4) is 0 Å². The van der Waals surface area contributed by atoms with E-state index in [4.69, 9.17) is 4.52 Å². The summed E-state index contributed by atoms with van der Waals surface area (Å²) in [6.07, 6.45) is 1.63. The normalized spacial score (nSPS) is 12.7. The van der Waals surface area contributed by atoms with Crippen molar-refractivity contribution in [3.05, 3.63) is 11.7 Å². The maximum absolute atomic E-state index is 11.7. The fourth-order valence-electron chi connectivity index (χ4n) is 1.57. The SMILES string of the molecule is Cc1noc(CCNC(C)C(=O)NCCC(C)C)n1. The van der Waals surface area contributed by atoms with E-state index in [0.717, 1.165) is 13.0 Å². The zero-order valence-electron chi connectivity index (χ0n) is 12.2. The van der Waals surface area contributed by atoms with Crippen LogP contribution in [0.25, 0.3) is 0 Å². The van der Waals surface area contributed by atoms with Crippen LogP contribution in [-0.2, 0) is 11.2 Å². The molecular formula is C13H24N4O2. The summed E-state index contributed by atoms with van der Waals surface area (Å²) in [5.41, 5.74) is 0. The minimum absolute atomic E-state index is 0.0300. The van der Waals surface area contributed by atoms with E-state index in [9.17, 15) is 4.79 Å². The number of carbonyl (C=O) groups is 1. The molecule has 0 aliphatic heterocycles. The third kappa shape index (κ3) is 6.33. The lowest BCUT2D eigenvalue weighted by Crippen LogP contribution is -2.43. The highest BCUT2D eigenvalue weighted by Crippen LogP contribution is 1.97. The van der Waals surface area contributed by atoms with Gasteiger partial charge in [-0.2, -0.15) is 4.98 Å². The lowest BCUT2D eigenvalue weighted by Gasteiger charge is -2.14. The minimum Gasteiger partial charge on any atom is -0.355 e. The lowest BCUT2D eigenvalue weighted by atomic mass is 10.1. The van der Waals surface area contributed by atoms with Gasteiger partial charge in [0.15, 0.2) is 5.82 Å². The van der Waals surface area contributed by atoms with Crippen molar-refractivity contribution in [2.24, 2.45) is 5.92 Å². The lowest BCUT2D eigenvalue weighted by molar-refractivity contribution is -0.122. The van der Waals surface area contributed by atoms with E-state index in [1.807, 2.05) is 6.92 Å². The first kappa shape index (κ1) is 15.6. The van der Waals surface area contributed by atoms with Crippen molar-refractivity contribution >= 4 is 5.91 Å². The topological polar surface area (TPSA) is 80.0 Å². The van der Waals surface area contributed by atoms with E-state index in [2.05, 4.69) is 34.6 Å². The van der Waals surface area contributed by atoms with Crippen molar-refractivity contribution in [2.45, 2.75) is 46.6 Å². The minimum atomic E-state index is -0.212. The van der Waals surface area contributed by atoms with Crippen LogP contribution in [0.3, 0.4) is 0 Å². The number of nitrogens with one attached hydrogen (secondary N) is 2. The second-order valence-electron chi connectivity index (χ2n) is 5.13. The Kier molecular flexibility index (Phi) is 6.49. The van der Waals surface area contributed by atoms with Gasteiger partial charge in [0.05, 0.1) is 6.04 Å². The Balaban J connectivity index is 2.16. The van der Waals surface area contributed by atoms with Crippen LogP contribution in [0.2, 0.25) is 0 Å². The first-order valence-electron chi connectivity index (χ1n) is 6.79. The average molecular weight is 268 g/mol. The summed E-state index contributed by atoms with van der Waals surface area (Å²) in [6.45, 7) is 9.28. The van der Waals surface area contributed by atoms with Crippen molar-refractivity contribution in [2.75, 3.05) is 13.1 Å². The Labute approximate surface area is 114 Å². The second kappa shape index (κ2) is 7.89. The molecule has 0 saturated carbocycles. The van der Waals surface area contributed by atoms with Gasteiger partial charge in [-0.15, -0.1) is 0 Å². The molecule has 0 radical (unpaired) electrons. The van der Waals surface area contributed by atoms with E-state index in [0.29, 0.717) is 30.6 Å². The molecule has 1 atom stereocenters. The first-order chi connectivity index (χ1) is 8.99. The number of rotatable bonds is 8. The largest absolute Gasteiger partial charge is 0.355 e. The van der Waals surface area contributed by atoms with Crippen molar-refractivity contribution < 1.29 is 9.32 Å². The molecule has 1 rings (SSSR count). The monoisotopic (exact) mass is 268 g/mol. The molecule has 0 bridgehead atoms. The van der Waals surface area contributed by atoms with Gasteiger partial charge in [0.2, 0.25) is 11.8 Å². The molecular weight excluding hydrogens is 244 g/mol. The fourth-order valence-corrected chi connectivity index (χ4v) is 1.57. The molecule has 19 heavy (non-hydrogen) atoms. The summed E-state index contributed by atoms with van der Waals surface area (Å²) >= 11 is 0. The molecule has 1 aromatic heterocycles. The van der Waals surface area contributed by atoms with Crippen LogP contribution in [0.1, 0.15) is 38.9 Å². The van der Waals surface area contributed by atoms with Crippen LogP contribution in [0.15, 0.2) is 4.52 Å². The van der Waals surface area contributed by atoms with Crippen LogP contribution < -0.4 is 10.6 Å². The van der Waals surface area contributed by atoms with Gasteiger partial charge in [0.1, 0.15) is 0 Å². The molecule has 1 heterocycles. The van der Waals surface area contributed by atoms with Crippen LogP contribution in [-0.4, -0.2) is 35.2 Å². The number of nitrogens with zero attached hydrogens (tertiary/aromatic N) is 2. The van der Waals surface area contributed by atoms with Crippen LogP contribution in [0.5, 0.6) is 0 Å². The zero-order valence-corrected chi connectivity index (χ0v) is 12.2. The smallest absolute Gasteiger partial charge is 0.236 e. The van der Waals surface area contributed by atoms with Crippen LogP contribution >= 0.6 is 0 Å². The predicted octanol–water partition coefficient (Wildman–Crippen LogP) is 1.06. The van der Waals surface area contributed by atoms with E-state index < -0.39 is 0 Å². The molecule has 0 aliphatic carbocycles. The highest BCUT2D eigenvalue weighted by molar-refractivity contribution is 5.81. The molecule has 0 saturated heterocycles. The quantitative estimate of drug-likeness (QED) is 0.737. The molecule has 6 nitrogen and oxygen atoms in total. The highest BCUT2D eigenvalue weighted by atomic mass is 16.5. The Morgan fingerprint density at radius 3 is 2.63 bits per heavy atom. The van der Waals surface area contributed by atoms with Crippen molar-refractivity contribution in [1.29, 1.82) is 0 Å². The van der Waals surface area contributed by atoms with Gasteiger partial charge in [0.25, 0.3) is 0 Å². The molecule has 2 N–H and O–H groups in total. The Hall–Kier alpha value is -1.43. The van der Waals surface area contributed by atoms with Crippen molar-refractivity contribution in [3.63, 3.8) is 0 Å². The number of carbonyl (C=O) groups excluding carboxylic acids is 1. The second-order valence-corrected chi connectivity index (χ2v) is 5.13. The predicted molar refractivity (Wildman–Crippen MR) is 72.7 cm³/mol. The van der Waals surface area contributed by atoms with Crippen LogP contribution in [0.4, 0.5) is 0 Å². The summed E-state index contributed by atoms with van der Waals surface area (Å²) in [7, 11) is 0. The van der Waals surface area contributed by atoms with Gasteiger partial charge in [-0.05, 0) is 26.2 Å². The molecule has 6 heteroatoms. The van der Waals surface area contributed by atoms with Crippen molar-refractivity contribution in [1.82, 2.24) is 20.8 Å². The summed E-state index contributed by atoms with van der Waals surface area (Å²) in [5, 5.41) is 9.77. The summed E-state index contributed by atoms with van der Waals surface area (Å²) in [5.74, 6) is 1.86. The molecule has 0 fully saturated rings.